The number of rotatable bonds is 9. The molecule has 22 rings (SSSR count). The number of hydrogen-bond donors (Lipinski definition) is 0. The zero-order valence-corrected chi connectivity index (χ0v) is 55.5. The van der Waals surface area contributed by atoms with Gasteiger partial charge in [0.2, 0.25) is 0 Å². The number of thiophene rings is 2. The first-order valence-corrected chi connectivity index (χ1v) is 35.4. The van der Waals surface area contributed by atoms with Crippen LogP contribution in [0.5, 0.6) is 0 Å². The highest BCUT2D eigenvalue weighted by molar-refractivity contribution is 7.26. The van der Waals surface area contributed by atoms with Crippen LogP contribution in [0.15, 0.2) is 309 Å². The van der Waals surface area contributed by atoms with E-state index in [9.17, 15) is 0 Å². The van der Waals surface area contributed by atoms with E-state index in [-0.39, 0.29) is 0 Å². The number of nitrogens with zero attached hydrogens (tertiary/aromatic N) is 6. The number of aromatic nitrogens is 6. The Kier molecular flexibility index (Phi) is 12.3. The largest absolute Gasteiger partial charge is 0.456 e. The van der Waals surface area contributed by atoms with Gasteiger partial charge < -0.3 is 17.7 Å². The van der Waals surface area contributed by atoms with Crippen molar-refractivity contribution in [1.82, 2.24) is 29.9 Å². The fourth-order valence-corrected chi connectivity index (χ4v) is 17.6. The maximum absolute atomic E-state index is 6.77. The highest BCUT2D eigenvalue weighted by Gasteiger charge is 2.23. The molecule has 0 unspecified atom stereocenters. The van der Waals surface area contributed by atoms with Crippen LogP contribution in [0.4, 0.5) is 0 Å². The number of furan rings is 4. The van der Waals surface area contributed by atoms with Crippen molar-refractivity contribution in [2.75, 3.05) is 0 Å². The van der Waals surface area contributed by atoms with Crippen LogP contribution in [-0.2, 0) is 0 Å². The van der Waals surface area contributed by atoms with E-state index < -0.39 is 0 Å². The van der Waals surface area contributed by atoms with Crippen LogP contribution in [0.3, 0.4) is 0 Å². The van der Waals surface area contributed by atoms with Gasteiger partial charge in [-0.25, -0.2) is 29.9 Å². The molecule has 0 atom stereocenters. The molecular weight excluding hydrogens is 1290 g/mol. The molecule has 0 aliphatic carbocycles. The molecule has 0 saturated carbocycles. The summed E-state index contributed by atoms with van der Waals surface area (Å²) in [5.74, 6) is 3.22. The van der Waals surface area contributed by atoms with Crippen LogP contribution >= 0.6 is 22.7 Å². The normalized spacial score (nSPS) is 12.1. The average molecular weight is 1340 g/mol. The minimum Gasteiger partial charge on any atom is -0.456 e. The molecule has 22 aromatic rings. The van der Waals surface area contributed by atoms with Crippen LogP contribution in [0, 0.1) is 0 Å². The zero-order chi connectivity index (χ0) is 66.7. The van der Waals surface area contributed by atoms with Gasteiger partial charge in [0.25, 0.3) is 0 Å². The summed E-state index contributed by atoms with van der Waals surface area (Å²) in [6.07, 6.45) is 0. The Labute approximate surface area is 587 Å². The lowest BCUT2D eigenvalue weighted by atomic mass is 10.0. The second-order valence-corrected chi connectivity index (χ2v) is 28.1. The summed E-state index contributed by atoms with van der Waals surface area (Å²) in [7, 11) is 0. The van der Waals surface area contributed by atoms with Gasteiger partial charge >= 0.3 is 0 Å². The molecular formula is C90H48N6O4S2. The molecule has 102 heavy (non-hydrogen) atoms. The van der Waals surface area contributed by atoms with Crippen molar-refractivity contribution in [3.63, 3.8) is 0 Å². The third-order valence-electron chi connectivity index (χ3n) is 20.0. The van der Waals surface area contributed by atoms with Crippen molar-refractivity contribution in [3.05, 3.63) is 291 Å². The van der Waals surface area contributed by atoms with Crippen molar-refractivity contribution in [1.29, 1.82) is 0 Å². The number of fused-ring (bicyclic) bond motifs is 18. The van der Waals surface area contributed by atoms with Gasteiger partial charge in [-0.15, -0.1) is 22.7 Å². The lowest BCUT2D eigenvalue weighted by molar-refractivity contribution is 0.668. The Morgan fingerprint density at radius 2 is 0.539 bits per heavy atom. The van der Waals surface area contributed by atoms with Crippen molar-refractivity contribution < 1.29 is 17.7 Å². The highest BCUT2D eigenvalue weighted by Crippen LogP contribution is 2.46. The van der Waals surface area contributed by atoms with Crippen molar-refractivity contribution in [2.24, 2.45) is 0 Å². The minimum absolute atomic E-state index is 0.516. The molecule has 12 heteroatoms. The highest BCUT2D eigenvalue weighted by atomic mass is 32.1. The standard InChI is InChI=1S/C90H48N6O4S2/c1-2-13-50(14-3-1)85-91-87(94-88(92-85)56-34-40-62-60-38-32-53(45-76(60)99-78(62)47-56)58-18-10-20-67-65-15-5-8-25-80(65)101-83(58)67)55-36-42-73-71(43-55)64-37-31-52(44-75(64)98-73)49-27-29-51(30-28-49)86-93-89(96-90(95-86)70-22-12-24-74-82(70)69-17-4-7-23-72(69)97-74)57-35-41-63-61-39-33-54(46-77(61)100-79(63)48-57)59-19-11-21-68-66-16-6-9-26-81(66)102-84(59)68/h1-48H. The van der Waals surface area contributed by atoms with E-state index in [1.807, 2.05) is 102 Å². The first-order valence-electron chi connectivity index (χ1n) is 33.8. The van der Waals surface area contributed by atoms with Gasteiger partial charge in [0.05, 0.1) is 0 Å². The van der Waals surface area contributed by atoms with Crippen LogP contribution in [0.2, 0.25) is 0 Å². The monoisotopic (exact) mass is 1340 g/mol. The lowest BCUT2D eigenvalue weighted by Gasteiger charge is -2.10. The van der Waals surface area contributed by atoms with E-state index in [2.05, 4.69) is 212 Å². The molecule has 0 N–H and O–H groups in total. The predicted octanol–water partition coefficient (Wildman–Crippen LogP) is 25.4. The van der Waals surface area contributed by atoms with E-state index in [1.165, 1.54) is 51.5 Å². The number of para-hydroxylation sites is 1. The summed E-state index contributed by atoms with van der Waals surface area (Å²) >= 11 is 3.66. The lowest BCUT2D eigenvalue weighted by Crippen LogP contribution is -2.00. The Bertz CT molecular complexity index is 7280. The SMILES string of the molecule is c1ccc(-c2nc(-c3ccc4c(c3)oc3cc(-c5cccc6c5sc5ccccc56)ccc34)nc(-c3ccc4oc5cc(-c6ccc(-c7nc(-c8ccc9c(c8)oc8cc(-c%10cccc%11c%10sc%10ccccc%10%11)ccc89)nc(-c8cccc9oc%10ccccc%10c89)n7)cc6)ccc5c4c3)n2)cc1. The summed E-state index contributed by atoms with van der Waals surface area (Å²) in [5, 5.41) is 13.1. The first-order chi connectivity index (χ1) is 50.4. The van der Waals surface area contributed by atoms with Gasteiger partial charge in [-0.2, -0.15) is 0 Å². The Morgan fingerprint density at radius 3 is 1.12 bits per heavy atom. The molecule has 8 heterocycles. The Morgan fingerprint density at radius 1 is 0.186 bits per heavy atom. The third kappa shape index (κ3) is 9.03. The summed E-state index contributed by atoms with van der Waals surface area (Å²) in [6, 6.07) is 101. The van der Waals surface area contributed by atoms with Gasteiger partial charge in [-0.05, 0) is 137 Å². The second kappa shape index (κ2) is 22.1. The van der Waals surface area contributed by atoms with E-state index in [4.69, 9.17) is 47.6 Å². The van der Waals surface area contributed by atoms with Gasteiger partial charge in [0.1, 0.15) is 44.7 Å². The molecule has 0 radical (unpaired) electrons. The second-order valence-electron chi connectivity index (χ2n) is 26.0. The van der Waals surface area contributed by atoms with E-state index in [0.29, 0.717) is 34.9 Å². The first kappa shape index (κ1) is 56.7. The summed E-state index contributed by atoms with van der Waals surface area (Å²) in [5.41, 5.74) is 17.8. The molecule has 0 aliphatic rings. The fourth-order valence-electron chi connectivity index (χ4n) is 15.1. The topological polar surface area (TPSA) is 130 Å². The summed E-state index contributed by atoms with van der Waals surface area (Å²) in [4.78, 5) is 31.2. The number of benzene rings is 14. The quantitative estimate of drug-likeness (QED) is 0.138. The van der Waals surface area contributed by atoms with E-state index >= 15 is 0 Å². The average Bonchev–Trinajstić information content (AvgIpc) is 1.60. The molecule has 0 fully saturated rings. The van der Waals surface area contributed by atoms with Crippen molar-refractivity contribution in [2.45, 2.75) is 0 Å². The van der Waals surface area contributed by atoms with Crippen molar-refractivity contribution >= 4 is 151 Å². The summed E-state index contributed by atoms with van der Waals surface area (Å²) < 4.78 is 31.6. The Balaban J connectivity index is 0.594. The van der Waals surface area contributed by atoms with E-state index in [1.54, 1.807) is 0 Å². The molecule has 0 aliphatic heterocycles. The smallest absolute Gasteiger partial charge is 0.164 e. The van der Waals surface area contributed by atoms with Crippen LogP contribution in [-0.4, -0.2) is 29.9 Å². The number of hydrogen-bond acceptors (Lipinski definition) is 12. The molecule has 0 amide bonds. The van der Waals surface area contributed by atoms with Crippen LogP contribution in [0.1, 0.15) is 0 Å². The van der Waals surface area contributed by atoms with Gasteiger partial charge in [-0.3, -0.25) is 0 Å². The van der Waals surface area contributed by atoms with Gasteiger partial charge in [0, 0.05) is 117 Å². The molecule has 10 nitrogen and oxygen atoms in total. The molecule has 0 saturated heterocycles. The third-order valence-corrected chi connectivity index (χ3v) is 22.5. The van der Waals surface area contributed by atoms with Crippen LogP contribution < -0.4 is 0 Å². The molecule has 474 valence electrons. The Hall–Kier alpha value is -13.3. The molecule has 0 spiro atoms. The minimum atomic E-state index is 0.516. The molecule has 0 bridgehead atoms. The maximum Gasteiger partial charge on any atom is 0.164 e. The fraction of sp³-hybridized carbons (Fsp3) is 0. The summed E-state index contributed by atoms with van der Waals surface area (Å²) in [6.45, 7) is 0. The van der Waals surface area contributed by atoms with Crippen molar-refractivity contribution in [3.8, 4) is 102 Å². The molecule has 8 aromatic heterocycles. The van der Waals surface area contributed by atoms with Crippen LogP contribution in [0.25, 0.3) is 230 Å². The molecule has 14 aromatic carbocycles. The van der Waals surface area contributed by atoms with E-state index in [0.717, 1.165) is 143 Å². The predicted molar refractivity (Wildman–Crippen MR) is 417 cm³/mol. The maximum atomic E-state index is 6.77. The van der Waals surface area contributed by atoms with Gasteiger partial charge in [0.15, 0.2) is 34.9 Å². The zero-order valence-electron chi connectivity index (χ0n) is 53.8. The van der Waals surface area contributed by atoms with Gasteiger partial charge in [-0.1, -0.05) is 188 Å².